The largest absolute Gasteiger partial charge is 0.506 e. The molecular formula is C43H42N4O7S. The number of amides is 1. The monoisotopic (exact) mass is 758 g/mol. The number of hydrogen-bond donors (Lipinski definition) is 5. The van der Waals surface area contributed by atoms with Crippen LogP contribution in [0.2, 0.25) is 0 Å². The first-order valence-corrected chi connectivity index (χ1v) is 18.5. The van der Waals surface area contributed by atoms with E-state index < -0.39 is 12.1 Å². The van der Waals surface area contributed by atoms with Crippen molar-refractivity contribution in [2.24, 2.45) is 0 Å². The third kappa shape index (κ3) is 10.6. The molecule has 1 heterocycles. The zero-order valence-corrected chi connectivity index (χ0v) is 31.0. The van der Waals surface area contributed by atoms with E-state index in [1.807, 2.05) is 102 Å². The minimum atomic E-state index is -0.839. The number of aliphatic hydroxyl groups is 1. The Balaban J connectivity index is 0.903. The summed E-state index contributed by atoms with van der Waals surface area (Å²) in [7, 11) is 1.93. The molecule has 12 heteroatoms. The van der Waals surface area contributed by atoms with E-state index in [4.69, 9.17) is 9.47 Å². The minimum Gasteiger partial charge on any atom is -0.506 e. The molecule has 0 aliphatic heterocycles. The number of pyridine rings is 1. The molecule has 5 aromatic carbocycles. The van der Waals surface area contributed by atoms with E-state index in [-0.39, 0.29) is 30.5 Å². The molecule has 0 aliphatic rings. The summed E-state index contributed by atoms with van der Waals surface area (Å²) in [5.74, 6) is 0.220. The van der Waals surface area contributed by atoms with Crippen LogP contribution in [0, 0.1) is 0 Å². The van der Waals surface area contributed by atoms with Crippen molar-refractivity contribution in [2.75, 3.05) is 26.7 Å². The normalized spacial score (nSPS) is 12.3. The van der Waals surface area contributed by atoms with Gasteiger partial charge < -0.3 is 35.3 Å². The first kappa shape index (κ1) is 38.8. The van der Waals surface area contributed by atoms with Crippen molar-refractivity contribution < 1.29 is 29.3 Å². The zero-order valence-electron chi connectivity index (χ0n) is 30.2. The topological polar surface area (TPSA) is 153 Å². The summed E-state index contributed by atoms with van der Waals surface area (Å²) in [5.41, 5.74) is 4.85. The van der Waals surface area contributed by atoms with E-state index in [0.717, 1.165) is 27.1 Å². The van der Waals surface area contributed by atoms with Gasteiger partial charge in [0.1, 0.15) is 24.7 Å². The van der Waals surface area contributed by atoms with Gasteiger partial charge in [-0.3, -0.25) is 9.59 Å². The second kappa shape index (κ2) is 18.9. The van der Waals surface area contributed by atoms with Crippen LogP contribution in [0.25, 0.3) is 10.9 Å². The van der Waals surface area contributed by atoms with Crippen LogP contribution in [-0.2, 0) is 22.7 Å². The van der Waals surface area contributed by atoms with Crippen molar-refractivity contribution in [1.82, 2.24) is 19.9 Å². The van der Waals surface area contributed by atoms with Crippen LogP contribution < -0.4 is 20.9 Å². The number of fused-ring (bicyclic) bond motifs is 1. The van der Waals surface area contributed by atoms with Crippen LogP contribution in [0.3, 0.4) is 0 Å². The number of esters is 1. The van der Waals surface area contributed by atoms with Gasteiger partial charge in [0, 0.05) is 36.0 Å². The molecule has 55 heavy (non-hydrogen) atoms. The van der Waals surface area contributed by atoms with Crippen molar-refractivity contribution in [3.05, 3.63) is 171 Å². The van der Waals surface area contributed by atoms with Gasteiger partial charge in [-0.2, -0.15) is 0 Å². The molecule has 282 valence electrons. The lowest BCUT2D eigenvalue weighted by molar-refractivity contribution is -0.110. The average Bonchev–Trinajstić information content (AvgIpc) is 3.20. The number of likely N-dealkylation sites (N-methyl/N-ethyl adjacent to an activating group) is 1. The Morgan fingerprint density at radius 1 is 0.891 bits per heavy atom. The number of benzene rings is 5. The molecule has 2 unspecified atom stereocenters. The molecule has 0 radical (unpaired) electrons. The van der Waals surface area contributed by atoms with Crippen LogP contribution in [0.5, 0.6) is 11.5 Å². The fourth-order valence-corrected chi connectivity index (χ4v) is 6.83. The lowest BCUT2D eigenvalue weighted by atomic mass is 9.99. The first-order chi connectivity index (χ1) is 26.8. The Morgan fingerprint density at radius 3 is 2.40 bits per heavy atom. The number of nitrogens with one attached hydrogen (secondary N) is 3. The number of aromatic hydroxyl groups is 1. The van der Waals surface area contributed by atoms with E-state index >= 15 is 0 Å². The number of phenols is 1. The third-order valence-corrected chi connectivity index (χ3v) is 9.89. The van der Waals surface area contributed by atoms with Gasteiger partial charge >= 0.3 is 5.97 Å². The Labute approximate surface area is 323 Å². The van der Waals surface area contributed by atoms with Gasteiger partial charge in [-0.25, -0.2) is 9.10 Å². The van der Waals surface area contributed by atoms with E-state index in [1.165, 1.54) is 12.1 Å². The lowest BCUT2D eigenvalue weighted by Crippen LogP contribution is -2.21. The van der Waals surface area contributed by atoms with Crippen molar-refractivity contribution in [1.29, 1.82) is 0 Å². The molecule has 0 bridgehead atoms. The number of phenolic OH excluding ortho intramolecular Hbond substituents is 1. The average molecular weight is 759 g/mol. The highest BCUT2D eigenvalue weighted by atomic mass is 32.2. The summed E-state index contributed by atoms with van der Waals surface area (Å²) in [6.07, 6.45) is -0.141. The first-order valence-electron chi connectivity index (χ1n) is 17.7. The zero-order chi connectivity index (χ0) is 38.6. The second-order valence-electron chi connectivity index (χ2n) is 12.8. The number of aromatic amines is 1. The van der Waals surface area contributed by atoms with Crippen LogP contribution in [0.15, 0.2) is 137 Å². The van der Waals surface area contributed by atoms with Gasteiger partial charge in [0.2, 0.25) is 12.0 Å². The number of carbonyl (C=O) groups is 2. The summed E-state index contributed by atoms with van der Waals surface area (Å²) in [6, 6.07) is 38.3. The van der Waals surface area contributed by atoms with E-state index in [1.54, 1.807) is 36.2 Å². The summed E-state index contributed by atoms with van der Waals surface area (Å²) in [5, 5.41) is 27.6. The van der Waals surface area contributed by atoms with Crippen molar-refractivity contribution in [2.45, 2.75) is 30.2 Å². The second-order valence-corrected chi connectivity index (χ2v) is 14.1. The lowest BCUT2D eigenvalue weighted by Gasteiger charge is -2.18. The number of aromatic nitrogens is 1. The maximum Gasteiger partial charge on any atom is 0.338 e. The summed E-state index contributed by atoms with van der Waals surface area (Å²) < 4.78 is 13.6. The Morgan fingerprint density at radius 2 is 1.64 bits per heavy atom. The molecular weight excluding hydrogens is 717 g/mol. The standard InChI is InChI=1S/C43H42N4O7S/c1-47(55-35-16-12-29(13-17-35)25-44-26-39(50)36-18-20-38(49)42-37(36)19-21-40(51)46-42)22-23-53-43(52)32-14-10-30(11-15-32)27-54-34-9-5-8-33(24-34)41(45-28-48)31-6-3-2-4-7-31/h2-21,24,28,39,41,44,49-50H,22-23,25-27H2,1H3,(H,45,48)(H,46,51). The number of carbonyl (C=O) groups excluding carboxylic acids is 2. The summed E-state index contributed by atoms with van der Waals surface area (Å²) in [6.45, 7) is 1.88. The molecule has 6 aromatic rings. The van der Waals surface area contributed by atoms with Gasteiger partial charge in [0.25, 0.3) is 0 Å². The Kier molecular flexibility index (Phi) is 13.3. The molecule has 11 nitrogen and oxygen atoms in total. The number of rotatable bonds is 18. The third-order valence-electron chi connectivity index (χ3n) is 8.91. The highest BCUT2D eigenvalue weighted by Gasteiger charge is 2.16. The molecule has 1 amide bonds. The fourth-order valence-electron chi connectivity index (χ4n) is 6.04. The fraction of sp³-hybridized carbons (Fsp3) is 0.186. The molecule has 6 rings (SSSR count). The van der Waals surface area contributed by atoms with Gasteiger partial charge in [-0.15, -0.1) is 0 Å². The van der Waals surface area contributed by atoms with Crippen molar-refractivity contribution >= 4 is 35.2 Å². The number of ether oxygens (including phenoxy) is 2. The Bertz CT molecular complexity index is 2250. The minimum absolute atomic E-state index is 0.0462. The highest BCUT2D eigenvalue weighted by molar-refractivity contribution is 7.97. The van der Waals surface area contributed by atoms with Gasteiger partial charge in [0.15, 0.2) is 0 Å². The highest BCUT2D eigenvalue weighted by Crippen LogP contribution is 2.29. The smallest absolute Gasteiger partial charge is 0.338 e. The van der Waals surface area contributed by atoms with Crippen LogP contribution in [0.4, 0.5) is 0 Å². The van der Waals surface area contributed by atoms with E-state index in [9.17, 15) is 24.6 Å². The maximum atomic E-state index is 12.7. The molecule has 2 atom stereocenters. The quantitative estimate of drug-likeness (QED) is 0.0386. The number of hydrogen-bond acceptors (Lipinski definition) is 10. The van der Waals surface area contributed by atoms with Crippen molar-refractivity contribution in [3.63, 3.8) is 0 Å². The molecule has 0 aliphatic carbocycles. The SMILES string of the molecule is CN(CCOC(=O)c1ccc(COc2cccc(C(NC=O)c3ccccc3)c2)cc1)Sc1ccc(CNCC(O)c2ccc(O)c3[nH]c(=O)ccc23)cc1. The molecule has 0 saturated heterocycles. The predicted molar refractivity (Wildman–Crippen MR) is 213 cm³/mol. The molecule has 1 aromatic heterocycles. The van der Waals surface area contributed by atoms with Crippen molar-refractivity contribution in [3.8, 4) is 11.5 Å². The number of H-pyrrole nitrogens is 1. The summed E-state index contributed by atoms with van der Waals surface area (Å²) in [4.78, 5) is 39.4. The molecule has 0 saturated carbocycles. The van der Waals surface area contributed by atoms with Crippen LogP contribution in [-0.4, -0.2) is 58.6 Å². The Hall–Kier alpha value is -5.92. The van der Waals surface area contributed by atoms with Gasteiger partial charge in [0.05, 0.1) is 23.2 Å². The summed E-state index contributed by atoms with van der Waals surface area (Å²) >= 11 is 1.54. The van der Waals surface area contributed by atoms with Gasteiger partial charge in [-0.1, -0.05) is 72.8 Å². The molecule has 5 N–H and O–H groups in total. The number of aliphatic hydroxyl groups excluding tert-OH is 1. The number of nitrogens with zero attached hydrogens (tertiary/aromatic N) is 1. The maximum absolute atomic E-state index is 12.7. The van der Waals surface area contributed by atoms with E-state index in [2.05, 4.69) is 15.6 Å². The van der Waals surface area contributed by atoms with E-state index in [0.29, 0.717) is 53.9 Å². The predicted octanol–water partition coefficient (Wildman–Crippen LogP) is 6.27. The van der Waals surface area contributed by atoms with Crippen LogP contribution in [0.1, 0.15) is 50.3 Å². The molecule has 0 spiro atoms. The van der Waals surface area contributed by atoms with Gasteiger partial charge in [-0.05, 0) is 95.3 Å². The van der Waals surface area contributed by atoms with Crippen LogP contribution >= 0.6 is 11.9 Å². The molecule has 0 fully saturated rings.